The fraction of sp³-hybridized carbons (Fsp3) is 0.438. The Morgan fingerprint density at radius 2 is 2.11 bits per heavy atom. The maximum absolute atomic E-state index is 11.8. The number of carbonyl (C=O) groups excluding carboxylic acids is 1. The Balaban J connectivity index is 1.80. The van der Waals surface area contributed by atoms with E-state index in [0.717, 1.165) is 25.0 Å². The van der Waals surface area contributed by atoms with E-state index in [4.69, 9.17) is 4.74 Å². The van der Waals surface area contributed by atoms with Crippen molar-refractivity contribution in [2.75, 3.05) is 20.3 Å². The first-order chi connectivity index (χ1) is 9.24. The van der Waals surface area contributed by atoms with Gasteiger partial charge in [-0.1, -0.05) is 36.8 Å². The zero-order chi connectivity index (χ0) is 13.6. The number of carbonyl (C=O) groups is 1. The summed E-state index contributed by atoms with van der Waals surface area (Å²) in [5, 5.41) is 2.97. The summed E-state index contributed by atoms with van der Waals surface area (Å²) in [6.45, 7) is 1.44. The largest absolute Gasteiger partial charge is 0.384 e. The third-order valence-corrected chi connectivity index (χ3v) is 3.73. The molecule has 102 valence electrons. The van der Waals surface area contributed by atoms with Gasteiger partial charge in [0.05, 0.1) is 6.61 Å². The van der Waals surface area contributed by atoms with Crippen LogP contribution in [0.3, 0.4) is 0 Å². The number of hydrogen-bond acceptors (Lipinski definition) is 2. The second-order valence-electron chi connectivity index (χ2n) is 5.25. The lowest BCUT2D eigenvalue weighted by Crippen LogP contribution is -2.44. The number of benzene rings is 1. The third kappa shape index (κ3) is 3.93. The van der Waals surface area contributed by atoms with Crippen LogP contribution >= 0.6 is 0 Å². The van der Waals surface area contributed by atoms with Gasteiger partial charge in [-0.25, -0.2) is 0 Å². The minimum absolute atomic E-state index is 0.0359. The highest BCUT2D eigenvalue weighted by Crippen LogP contribution is 2.40. The Morgan fingerprint density at radius 3 is 2.68 bits per heavy atom. The van der Waals surface area contributed by atoms with Crippen molar-refractivity contribution < 1.29 is 9.53 Å². The molecule has 3 nitrogen and oxygen atoms in total. The van der Waals surface area contributed by atoms with Gasteiger partial charge in [-0.3, -0.25) is 4.79 Å². The van der Waals surface area contributed by atoms with Gasteiger partial charge in [-0.15, -0.1) is 0 Å². The maximum atomic E-state index is 11.8. The highest BCUT2D eigenvalue weighted by atomic mass is 16.5. The van der Waals surface area contributed by atoms with Crippen LogP contribution in [0.5, 0.6) is 0 Å². The number of hydrogen-bond donors (Lipinski definition) is 1. The lowest BCUT2D eigenvalue weighted by Gasteiger charge is -2.41. The summed E-state index contributed by atoms with van der Waals surface area (Å²) in [6.07, 6.45) is 6.94. The maximum Gasteiger partial charge on any atom is 0.244 e. The second-order valence-corrected chi connectivity index (χ2v) is 5.25. The van der Waals surface area contributed by atoms with Crippen molar-refractivity contribution >= 4 is 12.0 Å². The van der Waals surface area contributed by atoms with Gasteiger partial charge in [0.15, 0.2) is 0 Å². The first-order valence-electron chi connectivity index (χ1n) is 6.74. The van der Waals surface area contributed by atoms with Gasteiger partial charge in [0.2, 0.25) is 5.91 Å². The molecule has 0 bridgehead atoms. The molecule has 0 aliphatic heterocycles. The molecule has 0 saturated heterocycles. The van der Waals surface area contributed by atoms with E-state index >= 15 is 0 Å². The van der Waals surface area contributed by atoms with Crippen LogP contribution < -0.4 is 5.32 Å². The molecule has 3 heteroatoms. The Hall–Kier alpha value is -1.61. The van der Waals surface area contributed by atoms with E-state index in [1.807, 2.05) is 36.4 Å². The second kappa shape index (κ2) is 6.53. The first kappa shape index (κ1) is 13.8. The molecule has 1 aromatic carbocycles. The van der Waals surface area contributed by atoms with E-state index < -0.39 is 0 Å². The van der Waals surface area contributed by atoms with Gasteiger partial charge in [0.25, 0.3) is 0 Å². The van der Waals surface area contributed by atoms with E-state index in [2.05, 4.69) is 5.32 Å². The average Bonchev–Trinajstić information content (AvgIpc) is 2.40. The molecule has 1 amide bonds. The van der Waals surface area contributed by atoms with E-state index in [0.29, 0.717) is 6.54 Å². The Kier molecular flexibility index (Phi) is 4.74. The van der Waals surface area contributed by atoms with E-state index in [1.165, 1.54) is 6.42 Å². The van der Waals surface area contributed by atoms with Crippen LogP contribution in [0.25, 0.3) is 6.08 Å². The van der Waals surface area contributed by atoms with Crippen molar-refractivity contribution in [1.29, 1.82) is 0 Å². The summed E-state index contributed by atoms with van der Waals surface area (Å²) >= 11 is 0. The number of amides is 1. The smallest absolute Gasteiger partial charge is 0.244 e. The van der Waals surface area contributed by atoms with Crippen LogP contribution in [0.15, 0.2) is 36.4 Å². The molecule has 19 heavy (non-hydrogen) atoms. The molecule has 0 unspecified atom stereocenters. The standard InChI is InChI=1S/C16H21NO2/c1-19-13-16(10-5-11-16)12-17-15(18)9-8-14-6-3-2-4-7-14/h2-4,6-9H,5,10-13H2,1H3,(H,17,18)/b9-8+. The van der Waals surface area contributed by atoms with E-state index in [1.54, 1.807) is 13.2 Å². The minimum atomic E-state index is -0.0359. The predicted octanol–water partition coefficient (Wildman–Crippen LogP) is 2.63. The zero-order valence-electron chi connectivity index (χ0n) is 11.4. The molecular weight excluding hydrogens is 238 g/mol. The summed E-state index contributed by atoms with van der Waals surface area (Å²) in [6, 6.07) is 9.83. The predicted molar refractivity (Wildman–Crippen MR) is 76.6 cm³/mol. The lowest BCUT2D eigenvalue weighted by molar-refractivity contribution is -0.117. The van der Waals surface area contributed by atoms with Crippen LogP contribution in [-0.2, 0) is 9.53 Å². The number of nitrogens with one attached hydrogen (secondary N) is 1. The van der Waals surface area contributed by atoms with Crippen molar-refractivity contribution in [3.63, 3.8) is 0 Å². The van der Waals surface area contributed by atoms with Crippen molar-refractivity contribution in [2.24, 2.45) is 5.41 Å². The van der Waals surface area contributed by atoms with Gasteiger partial charge in [0, 0.05) is 25.1 Å². The van der Waals surface area contributed by atoms with E-state index in [9.17, 15) is 4.79 Å². The molecule has 0 spiro atoms. The zero-order valence-corrected chi connectivity index (χ0v) is 11.4. The average molecular weight is 259 g/mol. The molecule has 2 rings (SSSR count). The molecule has 1 saturated carbocycles. The summed E-state index contributed by atoms with van der Waals surface area (Å²) in [7, 11) is 1.72. The van der Waals surface area contributed by atoms with Gasteiger partial charge >= 0.3 is 0 Å². The molecule has 1 fully saturated rings. The topological polar surface area (TPSA) is 38.3 Å². The molecule has 1 aromatic rings. The highest BCUT2D eigenvalue weighted by Gasteiger charge is 2.36. The van der Waals surface area contributed by atoms with Crippen LogP contribution in [0.1, 0.15) is 24.8 Å². The summed E-state index contributed by atoms with van der Waals surface area (Å²) in [5.41, 5.74) is 1.21. The molecule has 0 aromatic heterocycles. The van der Waals surface area contributed by atoms with Gasteiger partial charge in [-0.05, 0) is 24.5 Å². The van der Waals surface area contributed by atoms with Crippen LogP contribution in [0.2, 0.25) is 0 Å². The Morgan fingerprint density at radius 1 is 1.37 bits per heavy atom. The normalized spacial score (nSPS) is 17.1. The lowest BCUT2D eigenvalue weighted by atomic mass is 9.69. The number of rotatable bonds is 6. The minimum Gasteiger partial charge on any atom is -0.384 e. The van der Waals surface area contributed by atoms with Crippen LogP contribution in [-0.4, -0.2) is 26.2 Å². The number of methoxy groups -OCH3 is 1. The number of ether oxygens (including phenoxy) is 1. The van der Waals surface area contributed by atoms with E-state index in [-0.39, 0.29) is 11.3 Å². The summed E-state index contributed by atoms with van der Waals surface area (Å²) in [5.74, 6) is -0.0359. The van der Waals surface area contributed by atoms with Crippen molar-refractivity contribution in [1.82, 2.24) is 5.32 Å². The molecule has 1 aliphatic rings. The Labute approximate surface area is 114 Å². The monoisotopic (exact) mass is 259 g/mol. The van der Waals surface area contributed by atoms with Crippen molar-refractivity contribution in [3.8, 4) is 0 Å². The fourth-order valence-corrected chi connectivity index (χ4v) is 2.42. The van der Waals surface area contributed by atoms with Gasteiger partial charge in [0.1, 0.15) is 0 Å². The quantitative estimate of drug-likeness (QED) is 0.798. The highest BCUT2D eigenvalue weighted by molar-refractivity contribution is 5.91. The molecular formula is C16H21NO2. The van der Waals surface area contributed by atoms with Crippen LogP contribution in [0.4, 0.5) is 0 Å². The molecule has 0 heterocycles. The Bertz CT molecular complexity index is 435. The van der Waals surface area contributed by atoms with Crippen molar-refractivity contribution in [2.45, 2.75) is 19.3 Å². The SMILES string of the molecule is COCC1(CNC(=O)/C=C/c2ccccc2)CCC1. The molecule has 0 atom stereocenters. The van der Waals surface area contributed by atoms with Gasteiger partial charge in [-0.2, -0.15) is 0 Å². The summed E-state index contributed by atoms with van der Waals surface area (Å²) < 4.78 is 5.24. The first-order valence-corrected chi connectivity index (χ1v) is 6.74. The van der Waals surface area contributed by atoms with Crippen LogP contribution in [0, 0.1) is 5.41 Å². The third-order valence-electron chi connectivity index (χ3n) is 3.73. The molecule has 1 aliphatic carbocycles. The van der Waals surface area contributed by atoms with Crippen molar-refractivity contribution in [3.05, 3.63) is 42.0 Å². The molecule has 1 N–H and O–H groups in total. The fourth-order valence-electron chi connectivity index (χ4n) is 2.42. The molecule has 0 radical (unpaired) electrons. The van der Waals surface area contributed by atoms with Gasteiger partial charge < -0.3 is 10.1 Å². The summed E-state index contributed by atoms with van der Waals surface area (Å²) in [4.78, 5) is 11.8.